The zero-order chi connectivity index (χ0) is 20.8. The highest BCUT2D eigenvalue weighted by Crippen LogP contribution is 2.27. The quantitative estimate of drug-likeness (QED) is 0.275. The van der Waals surface area contributed by atoms with Crippen LogP contribution in [0, 0.1) is 13.7 Å². The van der Waals surface area contributed by atoms with Crippen LogP contribution in [0.2, 0.25) is 0 Å². The molecule has 0 aliphatic carbocycles. The van der Waals surface area contributed by atoms with E-state index in [0.29, 0.717) is 37.7 Å². The first-order valence-corrected chi connectivity index (χ1v) is 9.86. The lowest BCUT2D eigenvalue weighted by Gasteiger charge is -2.30. The summed E-state index contributed by atoms with van der Waals surface area (Å²) in [6, 6.07) is 11.2. The van der Waals surface area contributed by atoms with Gasteiger partial charge in [-0.25, -0.2) is 4.79 Å². The average Bonchev–Trinajstić information content (AvgIpc) is 2.74. The summed E-state index contributed by atoms with van der Waals surface area (Å²) < 4.78 is 11.3. The third kappa shape index (κ3) is 5.41. The zero-order valence-corrected chi connectivity index (χ0v) is 17.5. The number of nitro groups is 1. The second-order valence-corrected chi connectivity index (χ2v) is 7.32. The van der Waals surface area contributed by atoms with Gasteiger partial charge < -0.3 is 19.7 Å². The highest BCUT2D eigenvalue weighted by Gasteiger charge is 2.23. The van der Waals surface area contributed by atoms with Crippen molar-refractivity contribution in [3.63, 3.8) is 0 Å². The van der Waals surface area contributed by atoms with E-state index in [1.807, 2.05) is 17.0 Å². The third-order valence-electron chi connectivity index (χ3n) is 4.24. The number of non-ortho nitro benzene ring substituents is 1. The third-order valence-corrected chi connectivity index (χ3v) is 5.19. The Kier molecular flexibility index (Phi) is 6.99. The Morgan fingerprint density at radius 2 is 1.93 bits per heavy atom. The molecule has 152 valence electrons. The van der Waals surface area contributed by atoms with Crippen molar-refractivity contribution in [1.82, 2.24) is 0 Å². The summed E-state index contributed by atoms with van der Waals surface area (Å²) in [5, 5.41) is 13.8. The molecule has 1 amide bonds. The molecule has 0 spiro atoms. The molecule has 0 saturated carbocycles. The molecule has 1 fully saturated rings. The lowest BCUT2D eigenvalue weighted by atomic mass is 10.1. The van der Waals surface area contributed by atoms with Crippen molar-refractivity contribution in [3.8, 4) is 0 Å². The van der Waals surface area contributed by atoms with E-state index in [4.69, 9.17) is 9.47 Å². The minimum absolute atomic E-state index is 0.0446. The average molecular weight is 511 g/mol. The van der Waals surface area contributed by atoms with Crippen molar-refractivity contribution in [2.45, 2.75) is 0 Å². The molecule has 1 aliphatic heterocycles. The van der Waals surface area contributed by atoms with Gasteiger partial charge >= 0.3 is 5.97 Å². The summed E-state index contributed by atoms with van der Waals surface area (Å²) in [5.74, 6) is -1.30. The van der Waals surface area contributed by atoms with Gasteiger partial charge in [0.15, 0.2) is 6.61 Å². The molecule has 1 N–H and O–H groups in total. The van der Waals surface area contributed by atoms with Crippen molar-refractivity contribution >= 4 is 51.5 Å². The van der Waals surface area contributed by atoms with Gasteiger partial charge in [0.05, 0.1) is 35.1 Å². The number of ether oxygens (including phenoxy) is 2. The van der Waals surface area contributed by atoms with Crippen LogP contribution in [0.3, 0.4) is 0 Å². The van der Waals surface area contributed by atoms with Gasteiger partial charge in [-0.3, -0.25) is 14.9 Å². The molecule has 1 aliphatic rings. The van der Waals surface area contributed by atoms with E-state index in [0.717, 1.165) is 3.57 Å². The Morgan fingerprint density at radius 3 is 2.62 bits per heavy atom. The van der Waals surface area contributed by atoms with E-state index in [-0.39, 0.29) is 11.3 Å². The van der Waals surface area contributed by atoms with Crippen molar-refractivity contribution in [3.05, 3.63) is 61.7 Å². The van der Waals surface area contributed by atoms with E-state index >= 15 is 0 Å². The van der Waals surface area contributed by atoms with Crippen LogP contribution in [0.4, 0.5) is 17.1 Å². The molecular formula is C19H18IN3O6. The molecule has 10 heteroatoms. The van der Waals surface area contributed by atoms with E-state index in [2.05, 4.69) is 27.9 Å². The van der Waals surface area contributed by atoms with Crippen LogP contribution in [0.5, 0.6) is 0 Å². The lowest BCUT2D eigenvalue weighted by Crippen LogP contribution is -2.37. The molecule has 0 aromatic heterocycles. The standard InChI is InChI=1S/C19H18IN3O6/c20-15-3-1-2-4-16(15)21-18(24)12-29-19(25)14-11-13(23(26)27)5-6-17(14)22-7-9-28-10-8-22/h1-6,11H,7-10,12H2,(H,21,24). The number of carbonyl (C=O) groups excluding carboxylic acids is 2. The normalized spacial score (nSPS) is 13.6. The Bertz CT molecular complexity index is 930. The van der Waals surface area contributed by atoms with Crippen LogP contribution in [-0.4, -0.2) is 49.7 Å². The number of benzene rings is 2. The fraction of sp³-hybridized carbons (Fsp3) is 0.263. The Balaban J connectivity index is 1.73. The van der Waals surface area contributed by atoms with Crippen LogP contribution in [-0.2, 0) is 14.3 Å². The summed E-state index contributed by atoms with van der Waals surface area (Å²) in [6.45, 7) is 1.57. The molecule has 0 unspecified atom stereocenters. The molecule has 1 heterocycles. The van der Waals surface area contributed by atoms with Gasteiger partial charge in [0.25, 0.3) is 11.6 Å². The fourth-order valence-corrected chi connectivity index (χ4v) is 3.36. The minimum Gasteiger partial charge on any atom is -0.452 e. The molecule has 2 aromatic carbocycles. The van der Waals surface area contributed by atoms with E-state index in [1.54, 1.807) is 12.1 Å². The molecule has 3 rings (SSSR count). The molecule has 0 atom stereocenters. The number of amides is 1. The number of halogens is 1. The summed E-state index contributed by atoms with van der Waals surface area (Å²) in [4.78, 5) is 37.2. The van der Waals surface area contributed by atoms with Gasteiger partial charge in [-0.1, -0.05) is 12.1 Å². The zero-order valence-electron chi connectivity index (χ0n) is 15.3. The lowest BCUT2D eigenvalue weighted by molar-refractivity contribution is -0.384. The van der Waals surface area contributed by atoms with Crippen molar-refractivity contribution in [2.75, 3.05) is 43.1 Å². The fourth-order valence-electron chi connectivity index (χ4n) is 2.84. The molecule has 2 aromatic rings. The van der Waals surface area contributed by atoms with Gasteiger partial charge in [-0.15, -0.1) is 0 Å². The van der Waals surface area contributed by atoms with Crippen LogP contribution < -0.4 is 10.2 Å². The molecule has 0 bridgehead atoms. The number of rotatable bonds is 6. The highest BCUT2D eigenvalue weighted by molar-refractivity contribution is 14.1. The number of para-hydroxylation sites is 1. The SMILES string of the molecule is O=C(COC(=O)c1cc([N+](=O)[O-])ccc1N1CCOCC1)Nc1ccccc1I. The second-order valence-electron chi connectivity index (χ2n) is 6.16. The number of nitrogens with one attached hydrogen (secondary N) is 1. The van der Waals surface area contributed by atoms with Gasteiger partial charge in [-0.05, 0) is 40.8 Å². The highest BCUT2D eigenvalue weighted by atomic mass is 127. The summed E-state index contributed by atoms with van der Waals surface area (Å²) in [7, 11) is 0. The number of nitrogens with zero attached hydrogens (tertiary/aromatic N) is 2. The summed E-state index contributed by atoms with van der Waals surface area (Å²) >= 11 is 2.08. The molecule has 0 radical (unpaired) electrons. The minimum atomic E-state index is -0.798. The van der Waals surface area contributed by atoms with Gasteiger partial charge in [0.2, 0.25) is 0 Å². The first-order chi connectivity index (χ1) is 14.0. The topological polar surface area (TPSA) is 111 Å². The molecule has 29 heavy (non-hydrogen) atoms. The number of carbonyl (C=O) groups is 2. The maximum Gasteiger partial charge on any atom is 0.341 e. The number of esters is 1. The Morgan fingerprint density at radius 1 is 1.21 bits per heavy atom. The molecule has 1 saturated heterocycles. The van der Waals surface area contributed by atoms with E-state index in [1.165, 1.54) is 18.2 Å². The maximum absolute atomic E-state index is 12.6. The Hall–Kier alpha value is -2.73. The molecular weight excluding hydrogens is 493 g/mol. The van der Waals surface area contributed by atoms with Gasteiger partial charge in [0, 0.05) is 28.8 Å². The van der Waals surface area contributed by atoms with Crippen LogP contribution in [0.15, 0.2) is 42.5 Å². The van der Waals surface area contributed by atoms with Crippen LogP contribution in [0.25, 0.3) is 0 Å². The first kappa shape index (κ1) is 21.0. The first-order valence-electron chi connectivity index (χ1n) is 8.78. The number of hydrogen-bond acceptors (Lipinski definition) is 7. The summed E-state index contributed by atoms with van der Waals surface area (Å²) in [6.07, 6.45) is 0. The van der Waals surface area contributed by atoms with Crippen LogP contribution >= 0.6 is 22.6 Å². The van der Waals surface area contributed by atoms with Crippen LogP contribution in [0.1, 0.15) is 10.4 Å². The Labute approximate surface area is 180 Å². The second kappa shape index (κ2) is 9.65. The van der Waals surface area contributed by atoms with Crippen molar-refractivity contribution < 1.29 is 24.0 Å². The van der Waals surface area contributed by atoms with Crippen molar-refractivity contribution in [1.29, 1.82) is 0 Å². The monoisotopic (exact) mass is 511 g/mol. The maximum atomic E-state index is 12.6. The van der Waals surface area contributed by atoms with E-state index in [9.17, 15) is 19.7 Å². The van der Waals surface area contributed by atoms with Crippen molar-refractivity contribution in [2.24, 2.45) is 0 Å². The predicted molar refractivity (Wildman–Crippen MR) is 114 cm³/mol. The molecule has 9 nitrogen and oxygen atoms in total. The smallest absolute Gasteiger partial charge is 0.341 e. The van der Waals surface area contributed by atoms with Gasteiger partial charge in [0.1, 0.15) is 0 Å². The number of hydrogen-bond donors (Lipinski definition) is 1. The number of nitro benzene ring substituents is 1. The van der Waals surface area contributed by atoms with Gasteiger partial charge in [-0.2, -0.15) is 0 Å². The summed E-state index contributed by atoms with van der Waals surface area (Å²) in [5.41, 5.74) is 0.945. The predicted octanol–water partition coefficient (Wildman–Crippen LogP) is 2.83. The number of anilines is 2. The largest absolute Gasteiger partial charge is 0.452 e. The number of morpholine rings is 1. The van der Waals surface area contributed by atoms with E-state index < -0.39 is 23.4 Å².